The molecule has 4 nitrogen and oxygen atoms in total. The fraction of sp³-hybridized carbons (Fsp3) is 0.278. The van der Waals surface area contributed by atoms with Crippen LogP contribution in [0.15, 0.2) is 93.9 Å². The molecule has 4 aromatic rings. The van der Waals surface area contributed by atoms with E-state index in [9.17, 15) is 9.90 Å². The van der Waals surface area contributed by atoms with Crippen LogP contribution in [0.4, 0.5) is 0 Å². The summed E-state index contributed by atoms with van der Waals surface area (Å²) in [6.45, 7) is 9.75. The fourth-order valence-electron chi connectivity index (χ4n) is 4.63. The van der Waals surface area contributed by atoms with Crippen LogP contribution in [-0.4, -0.2) is 54.5 Å². The number of carbonyl (C=O) groups excluding carboxylic acids is 1. The number of aliphatic hydroxyl groups is 1. The predicted molar refractivity (Wildman–Crippen MR) is 187 cm³/mol. The van der Waals surface area contributed by atoms with Crippen LogP contribution in [0.5, 0.6) is 0 Å². The molecule has 8 heteroatoms. The minimum Gasteiger partial charge on any atom is -1.00 e. The summed E-state index contributed by atoms with van der Waals surface area (Å²) in [6.07, 6.45) is 2.56. The zero-order valence-electron chi connectivity index (χ0n) is 26.4. The number of rotatable bonds is 4. The number of halogens is 3. The molecule has 0 spiro atoms. The third kappa shape index (κ3) is 12.3. The molecule has 1 aliphatic heterocycles. The summed E-state index contributed by atoms with van der Waals surface area (Å²) in [5.41, 5.74) is 7.21. The number of methoxy groups -OCH3 is 1. The maximum atomic E-state index is 11.8. The van der Waals surface area contributed by atoms with Gasteiger partial charge in [-0.05, 0) is 110 Å². The summed E-state index contributed by atoms with van der Waals surface area (Å²) in [6, 6.07) is 27.7. The minimum absolute atomic E-state index is 0. The van der Waals surface area contributed by atoms with Gasteiger partial charge in [0.15, 0.2) is 0 Å². The molecule has 1 N–H and O–H groups in total. The Morgan fingerprint density at radius 2 is 1.23 bits per heavy atom. The van der Waals surface area contributed by atoms with Crippen molar-refractivity contribution < 1.29 is 36.4 Å². The Hall–Kier alpha value is -1.52. The Bertz CT molecular complexity index is 1460. The van der Waals surface area contributed by atoms with E-state index in [1.54, 1.807) is 6.07 Å². The molecule has 5 rings (SSSR count). The predicted octanol–water partition coefficient (Wildman–Crippen LogP) is 6.73. The van der Waals surface area contributed by atoms with Crippen molar-refractivity contribution in [3.8, 4) is 22.3 Å². The normalized spacial score (nSPS) is 11.6. The SMILES string of the molecule is C1CCOC1.COC(=O)c1ccccc1-c1ccc(Br)cc1C.Cc1cc(Br)ccc1-c1ccccc1C(C)(C)O.[Br-].[CH3-].[Mg+2]. The molecule has 0 bridgehead atoms. The Morgan fingerprint density at radius 1 is 0.773 bits per heavy atom. The van der Waals surface area contributed by atoms with E-state index in [1.165, 1.54) is 25.5 Å². The van der Waals surface area contributed by atoms with Crippen LogP contribution in [-0.2, 0) is 15.1 Å². The first-order valence-electron chi connectivity index (χ1n) is 13.6. The van der Waals surface area contributed by atoms with Gasteiger partial charge in [-0.3, -0.25) is 0 Å². The van der Waals surface area contributed by atoms with Crippen LogP contribution in [0.2, 0.25) is 0 Å². The van der Waals surface area contributed by atoms with E-state index in [2.05, 4.69) is 57.0 Å². The molecule has 0 saturated carbocycles. The van der Waals surface area contributed by atoms with Crippen molar-refractivity contribution in [2.24, 2.45) is 0 Å². The average Bonchev–Trinajstić information content (AvgIpc) is 3.53. The van der Waals surface area contributed by atoms with Crippen molar-refractivity contribution in [1.29, 1.82) is 0 Å². The molecule has 4 aromatic carbocycles. The van der Waals surface area contributed by atoms with Crippen LogP contribution < -0.4 is 17.0 Å². The van der Waals surface area contributed by atoms with E-state index in [0.29, 0.717) is 5.56 Å². The summed E-state index contributed by atoms with van der Waals surface area (Å²) < 4.78 is 11.9. The number of esters is 1. The van der Waals surface area contributed by atoms with E-state index < -0.39 is 5.60 Å². The van der Waals surface area contributed by atoms with Crippen LogP contribution in [0.25, 0.3) is 22.3 Å². The summed E-state index contributed by atoms with van der Waals surface area (Å²) >= 11 is 6.92. The number of ether oxygens (including phenoxy) is 2. The van der Waals surface area contributed by atoms with Gasteiger partial charge in [0.1, 0.15) is 0 Å². The van der Waals surface area contributed by atoms with Crippen molar-refractivity contribution in [2.75, 3.05) is 20.3 Å². The molecule has 44 heavy (non-hydrogen) atoms. The van der Waals surface area contributed by atoms with Crippen LogP contribution in [0.1, 0.15) is 53.7 Å². The first-order chi connectivity index (χ1) is 19.5. The maximum absolute atomic E-state index is 11.8. The maximum Gasteiger partial charge on any atom is 2.00 e. The molecule has 0 atom stereocenters. The van der Waals surface area contributed by atoms with Gasteiger partial charge in [-0.1, -0.05) is 86.5 Å². The molecule has 232 valence electrons. The standard InChI is InChI=1S/C16H17BrO.C15H13BrO2.C4H8O.CH3.BrH.Mg/c1-11-10-12(17)8-9-13(11)14-6-4-5-7-15(14)16(2,3)18;1-10-9-11(16)7-8-12(10)13-5-3-4-6-14(13)15(17)18-2;1-2-4-5-3-1;;;/h4-10,18H,1-3H3;3-9H,1-2H3;1-4H2;1H3;1H;/q;;;-1;;+2/p-1. The number of carbonyl (C=O) groups is 1. The molecule has 1 heterocycles. The Kier molecular flexibility index (Phi) is 19.9. The van der Waals surface area contributed by atoms with E-state index >= 15 is 0 Å². The van der Waals surface area contributed by atoms with Gasteiger partial charge < -0.3 is 39.0 Å². The van der Waals surface area contributed by atoms with E-state index in [-0.39, 0.29) is 53.4 Å². The first-order valence-corrected chi connectivity index (χ1v) is 15.2. The smallest absolute Gasteiger partial charge is 1.00 e. The third-order valence-corrected chi connectivity index (χ3v) is 7.69. The number of benzene rings is 4. The van der Waals surface area contributed by atoms with Gasteiger partial charge in [-0.2, -0.15) is 0 Å². The van der Waals surface area contributed by atoms with Gasteiger partial charge in [0.05, 0.1) is 18.3 Å². The van der Waals surface area contributed by atoms with Crippen LogP contribution in [0, 0.1) is 21.3 Å². The molecule has 1 saturated heterocycles. The van der Waals surface area contributed by atoms with Crippen molar-refractivity contribution in [3.63, 3.8) is 0 Å². The second-order valence-corrected chi connectivity index (χ2v) is 12.2. The quantitative estimate of drug-likeness (QED) is 0.141. The van der Waals surface area contributed by atoms with E-state index in [4.69, 9.17) is 9.47 Å². The molecule has 1 fully saturated rings. The molecule has 0 unspecified atom stereocenters. The number of hydrogen-bond donors (Lipinski definition) is 1. The molecular weight excluding hydrogens is 760 g/mol. The molecule has 1 aliphatic rings. The monoisotopic (exact) mass is 798 g/mol. The Morgan fingerprint density at radius 3 is 1.66 bits per heavy atom. The summed E-state index contributed by atoms with van der Waals surface area (Å²) in [7, 11) is 1.40. The fourth-order valence-corrected chi connectivity index (χ4v) is 5.58. The van der Waals surface area contributed by atoms with Gasteiger partial charge >= 0.3 is 29.0 Å². The van der Waals surface area contributed by atoms with Crippen LogP contribution >= 0.6 is 31.9 Å². The second-order valence-electron chi connectivity index (χ2n) is 10.4. The van der Waals surface area contributed by atoms with Gasteiger partial charge in [-0.25, -0.2) is 4.79 Å². The van der Waals surface area contributed by atoms with Gasteiger partial charge in [0.25, 0.3) is 0 Å². The summed E-state index contributed by atoms with van der Waals surface area (Å²) in [5, 5.41) is 10.3. The zero-order chi connectivity index (χ0) is 30.0. The van der Waals surface area contributed by atoms with Gasteiger partial charge in [0.2, 0.25) is 0 Å². The van der Waals surface area contributed by atoms with Crippen molar-refractivity contribution in [2.45, 2.75) is 46.1 Å². The molecule has 0 aromatic heterocycles. The van der Waals surface area contributed by atoms with Crippen molar-refractivity contribution >= 4 is 60.9 Å². The Labute approximate surface area is 307 Å². The van der Waals surface area contributed by atoms with Gasteiger partial charge in [-0.15, -0.1) is 0 Å². The van der Waals surface area contributed by atoms with E-state index in [0.717, 1.165) is 55.5 Å². The van der Waals surface area contributed by atoms with Gasteiger partial charge in [0, 0.05) is 22.2 Å². The van der Waals surface area contributed by atoms with Crippen LogP contribution in [0.3, 0.4) is 0 Å². The zero-order valence-corrected chi connectivity index (χ0v) is 32.6. The van der Waals surface area contributed by atoms with E-state index in [1.807, 2.05) is 81.4 Å². The van der Waals surface area contributed by atoms with Crippen molar-refractivity contribution in [1.82, 2.24) is 0 Å². The first kappa shape index (κ1) is 42.5. The van der Waals surface area contributed by atoms with Crippen molar-refractivity contribution in [3.05, 3.63) is 124 Å². The average molecular weight is 802 g/mol. The topological polar surface area (TPSA) is 55.8 Å². The molecule has 0 amide bonds. The second kappa shape index (κ2) is 20.6. The number of hydrogen-bond acceptors (Lipinski definition) is 4. The largest absolute Gasteiger partial charge is 2.00 e. The Balaban J connectivity index is 0.000000684. The molecular formula is C36H41Br3MgO4. The molecule has 0 aliphatic carbocycles. The minimum atomic E-state index is -0.837. The summed E-state index contributed by atoms with van der Waals surface area (Å²) in [4.78, 5) is 11.8. The molecule has 0 radical (unpaired) electrons. The third-order valence-electron chi connectivity index (χ3n) is 6.70. The summed E-state index contributed by atoms with van der Waals surface area (Å²) in [5.74, 6) is -0.312. The number of aryl methyl sites for hydroxylation is 2.